The van der Waals surface area contributed by atoms with Crippen LogP contribution in [0.3, 0.4) is 0 Å². The minimum Gasteiger partial charge on any atom is -0.467 e. The molecule has 0 spiro atoms. The molecule has 0 atom stereocenters. The molecule has 10 nitrogen and oxygen atoms in total. The van der Waals surface area contributed by atoms with E-state index in [4.69, 9.17) is 14.6 Å². The van der Waals surface area contributed by atoms with Crippen LogP contribution in [0.2, 0.25) is 0 Å². The fraction of sp³-hybridized carbons (Fsp3) is 0.250. The molecule has 0 aliphatic rings. The molecule has 176 valence electrons. The summed E-state index contributed by atoms with van der Waals surface area (Å²) >= 11 is 0. The Kier molecular flexibility index (Phi) is 6.77. The molecule has 0 bridgehead atoms. The summed E-state index contributed by atoms with van der Waals surface area (Å²) in [7, 11) is 0. The number of H-pyrrole nitrogens is 1. The van der Waals surface area contributed by atoms with Crippen LogP contribution in [-0.2, 0) is 24.3 Å². The van der Waals surface area contributed by atoms with Crippen molar-refractivity contribution in [3.63, 3.8) is 0 Å². The number of furan rings is 1. The van der Waals surface area contributed by atoms with Gasteiger partial charge in [0.1, 0.15) is 17.8 Å². The number of hydrogen-bond acceptors (Lipinski definition) is 7. The van der Waals surface area contributed by atoms with E-state index >= 15 is 0 Å². The minimum absolute atomic E-state index is 0.0471. The molecule has 0 aliphatic heterocycles. The van der Waals surface area contributed by atoms with Gasteiger partial charge in [-0.3, -0.25) is 24.0 Å². The van der Waals surface area contributed by atoms with Crippen LogP contribution in [0, 0.1) is 0 Å². The van der Waals surface area contributed by atoms with Gasteiger partial charge in [-0.2, -0.15) is 0 Å². The molecule has 0 saturated carbocycles. The van der Waals surface area contributed by atoms with Crippen molar-refractivity contribution in [3.05, 3.63) is 87.3 Å². The van der Waals surface area contributed by atoms with Crippen LogP contribution in [0.5, 0.6) is 0 Å². The van der Waals surface area contributed by atoms with Crippen molar-refractivity contribution in [3.8, 4) is 11.5 Å². The summed E-state index contributed by atoms with van der Waals surface area (Å²) in [6.45, 7) is 2.24. The monoisotopic (exact) mass is 463 g/mol. The summed E-state index contributed by atoms with van der Waals surface area (Å²) in [6, 6.07) is 12.7. The van der Waals surface area contributed by atoms with Gasteiger partial charge in [0.2, 0.25) is 11.8 Å². The quantitative estimate of drug-likeness (QED) is 0.389. The number of nitrogens with zero attached hydrogens (tertiary/aromatic N) is 3. The van der Waals surface area contributed by atoms with Gasteiger partial charge in [-0.1, -0.05) is 31.5 Å². The van der Waals surface area contributed by atoms with Crippen LogP contribution >= 0.6 is 0 Å². The molecule has 3 aromatic heterocycles. The summed E-state index contributed by atoms with van der Waals surface area (Å²) < 4.78 is 12.2. The van der Waals surface area contributed by atoms with Crippen molar-refractivity contribution >= 4 is 17.4 Å². The topological polar surface area (TPSA) is 140 Å². The standard InChI is InChI=1S/C24H25N5O5/c1-2-3-11-28-21(25)20(22(31)27-24(28)32)29(14-18-10-7-12-33-18)19(30)13-17-15-34-23(26-17)16-8-5-4-6-9-16/h4-10,12,15H,2-3,11,13-14,25H2,1H3,(H,27,31,32). The fourth-order valence-electron chi connectivity index (χ4n) is 3.58. The van der Waals surface area contributed by atoms with E-state index in [1.165, 1.54) is 22.0 Å². The van der Waals surface area contributed by atoms with E-state index in [1.54, 1.807) is 12.1 Å². The van der Waals surface area contributed by atoms with Crippen LogP contribution in [-0.4, -0.2) is 20.4 Å². The molecule has 3 N–H and O–H groups in total. The van der Waals surface area contributed by atoms with Crippen LogP contribution in [0.15, 0.2) is 73.4 Å². The predicted octanol–water partition coefficient (Wildman–Crippen LogP) is 2.94. The van der Waals surface area contributed by atoms with Crippen LogP contribution in [0.4, 0.5) is 11.5 Å². The number of unbranched alkanes of at least 4 members (excludes halogenated alkanes) is 1. The van der Waals surface area contributed by atoms with Gasteiger partial charge in [-0.05, 0) is 30.7 Å². The van der Waals surface area contributed by atoms with Crippen molar-refractivity contribution in [2.75, 3.05) is 10.6 Å². The highest BCUT2D eigenvalue weighted by Gasteiger charge is 2.26. The maximum atomic E-state index is 13.4. The van der Waals surface area contributed by atoms with E-state index in [2.05, 4.69) is 9.97 Å². The average molecular weight is 463 g/mol. The summed E-state index contributed by atoms with van der Waals surface area (Å²) in [5, 5.41) is 0. The van der Waals surface area contributed by atoms with Gasteiger partial charge in [0.25, 0.3) is 5.56 Å². The zero-order valence-electron chi connectivity index (χ0n) is 18.7. The molecule has 4 rings (SSSR count). The SMILES string of the molecule is CCCCn1c(N)c(N(Cc2ccco2)C(=O)Cc2coc(-c3ccccc3)n2)c(=O)[nH]c1=O. The normalized spacial score (nSPS) is 11.0. The Morgan fingerprint density at radius 1 is 1.15 bits per heavy atom. The van der Waals surface area contributed by atoms with Gasteiger partial charge in [0.05, 0.1) is 24.9 Å². The first-order valence-electron chi connectivity index (χ1n) is 10.9. The number of nitrogens with two attached hydrogens (primary N) is 1. The second-order valence-corrected chi connectivity index (χ2v) is 7.74. The molecule has 0 fully saturated rings. The van der Waals surface area contributed by atoms with E-state index in [1.807, 2.05) is 37.3 Å². The summed E-state index contributed by atoms with van der Waals surface area (Å²) in [5.41, 5.74) is 5.94. The molecule has 0 aliphatic carbocycles. The van der Waals surface area contributed by atoms with Gasteiger partial charge in [0.15, 0.2) is 5.69 Å². The van der Waals surface area contributed by atoms with Crippen molar-refractivity contribution in [2.45, 2.75) is 39.3 Å². The number of carbonyl (C=O) groups excluding carboxylic acids is 1. The highest BCUT2D eigenvalue weighted by Crippen LogP contribution is 2.23. The molecular formula is C24H25N5O5. The number of nitrogen functional groups attached to an aromatic ring is 1. The predicted molar refractivity (Wildman–Crippen MR) is 126 cm³/mol. The molecule has 34 heavy (non-hydrogen) atoms. The van der Waals surface area contributed by atoms with Gasteiger partial charge < -0.3 is 14.6 Å². The highest BCUT2D eigenvalue weighted by atomic mass is 16.3. The number of hydrogen-bond donors (Lipinski definition) is 2. The summed E-state index contributed by atoms with van der Waals surface area (Å²) in [5.74, 6) is 0.296. The molecule has 0 unspecified atom stereocenters. The number of anilines is 2. The number of nitrogens with one attached hydrogen (secondary N) is 1. The van der Waals surface area contributed by atoms with E-state index in [9.17, 15) is 14.4 Å². The molecule has 1 aromatic carbocycles. The van der Waals surface area contributed by atoms with Gasteiger partial charge in [0, 0.05) is 12.1 Å². The van der Waals surface area contributed by atoms with E-state index in [-0.39, 0.29) is 24.5 Å². The van der Waals surface area contributed by atoms with E-state index in [0.717, 1.165) is 12.0 Å². The minimum atomic E-state index is -0.750. The maximum Gasteiger partial charge on any atom is 0.330 e. The van der Waals surface area contributed by atoms with Crippen molar-refractivity contribution in [2.24, 2.45) is 0 Å². The smallest absolute Gasteiger partial charge is 0.330 e. The molecule has 0 saturated heterocycles. The second-order valence-electron chi connectivity index (χ2n) is 7.74. The number of carbonyl (C=O) groups is 1. The number of aromatic nitrogens is 3. The van der Waals surface area contributed by atoms with Gasteiger partial charge >= 0.3 is 5.69 Å². The first kappa shape index (κ1) is 22.8. The lowest BCUT2D eigenvalue weighted by molar-refractivity contribution is -0.118. The average Bonchev–Trinajstić information content (AvgIpc) is 3.51. The number of oxazole rings is 1. The Bertz CT molecular complexity index is 1370. The van der Waals surface area contributed by atoms with Crippen molar-refractivity contribution < 1.29 is 13.6 Å². The fourth-order valence-corrected chi connectivity index (χ4v) is 3.58. The van der Waals surface area contributed by atoms with Crippen molar-refractivity contribution in [1.29, 1.82) is 0 Å². The first-order valence-corrected chi connectivity index (χ1v) is 10.9. The van der Waals surface area contributed by atoms with Gasteiger partial charge in [-0.15, -0.1) is 0 Å². The second kappa shape index (κ2) is 10.1. The summed E-state index contributed by atoms with van der Waals surface area (Å²) in [6.07, 6.45) is 4.23. The van der Waals surface area contributed by atoms with E-state index < -0.39 is 17.2 Å². The lowest BCUT2D eigenvalue weighted by atomic mass is 10.2. The number of rotatable bonds is 9. The molecule has 4 aromatic rings. The number of benzene rings is 1. The molecule has 1 amide bonds. The Morgan fingerprint density at radius 2 is 1.94 bits per heavy atom. The Balaban J connectivity index is 1.69. The summed E-state index contributed by atoms with van der Waals surface area (Å²) in [4.78, 5) is 46.4. The molecule has 3 heterocycles. The number of amides is 1. The lowest BCUT2D eigenvalue weighted by Crippen LogP contribution is -2.41. The Hall–Kier alpha value is -4.34. The lowest BCUT2D eigenvalue weighted by Gasteiger charge is -2.23. The molecular weight excluding hydrogens is 438 g/mol. The highest BCUT2D eigenvalue weighted by molar-refractivity contribution is 5.96. The third-order valence-electron chi connectivity index (χ3n) is 5.32. The van der Waals surface area contributed by atoms with Crippen LogP contribution in [0.25, 0.3) is 11.5 Å². The molecule has 0 radical (unpaired) electrons. The first-order chi connectivity index (χ1) is 16.5. The zero-order chi connectivity index (χ0) is 24.1. The van der Waals surface area contributed by atoms with Crippen LogP contribution < -0.4 is 21.9 Å². The maximum absolute atomic E-state index is 13.4. The number of aromatic amines is 1. The van der Waals surface area contributed by atoms with Crippen molar-refractivity contribution in [1.82, 2.24) is 14.5 Å². The van der Waals surface area contributed by atoms with Crippen LogP contribution in [0.1, 0.15) is 31.2 Å². The third-order valence-corrected chi connectivity index (χ3v) is 5.32. The molecule has 10 heteroatoms. The Morgan fingerprint density at radius 3 is 2.65 bits per heavy atom. The largest absolute Gasteiger partial charge is 0.467 e. The van der Waals surface area contributed by atoms with Gasteiger partial charge in [-0.25, -0.2) is 9.78 Å². The Labute approximate surface area is 194 Å². The zero-order valence-corrected chi connectivity index (χ0v) is 18.7. The van der Waals surface area contributed by atoms with E-state index in [0.29, 0.717) is 30.3 Å². The third kappa shape index (κ3) is 4.85.